The van der Waals surface area contributed by atoms with Crippen molar-refractivity contribution in [3.05, 3.63) is 71.8 Å². The number of carbonyl (C=O) groups is 2. The van der Waals surface area contributed by atoms with E-state index >= 15 is 0 Å². The molecular formula is C23H28F3N3O5S. The molecule has 0 radical (unpaired) electrons. The van der Waals surface area contributed by atoms with Gasteiger partial charge in [0.15, 0.2) is 0 Å². The number of hydrogen-bond acceptors (Lipinski definition) is 5. The van der Waals surface area contributed by atoms with Crippen LogP contribution < -0.4 is 5.32 Å². The molecule has 1 aliphatic heterocycles. The van der Waals surface area contributed by atoms with Crippen LogP contribution in [0.25, 0.3) is 0 Å². The molecule has 8 nitrogen and oxygen atoms in total. The summed E-state index contributed by atoms with van der Waals surface area (Å²) >= 11 is 0. The molecule has 1 saturated heterocycles. The maximum Gasteiger partial charge on any atom is 0.490 e. The summed E-state index contributed by atoms with van der Waals surface area (Å²) in [5.41, 5.74) is 1.70. The van der Waals surface area contributed by atoms with Crippen LogP contribution in [0.4, 0.5) is 13.2 Å². The van der Waals surface area contributed by atoms with Gasteiger partial charge in [-0.3, -0.25) is 4.79 Å². The van der Waals surface area contributed by atoms with Crippen molar-refractivity contribution in [1.82, 2.24) is 14.5 Å². The number of amides is 1. The summed E-state index contributed by atoms with van der Waals surface area (Å²) in [6, 6.07) is 19.0. The Morgan fingerprint density at radius 3 is 1.97 bits per heavy atom. The van der Waals surface area contributed by atoms with Crippen molar-refractivity contribution in [2.75, 3.05) is 45.0 Å². The van der Waals surface area contributed by atoms with Gasteiger partial charge in [0, 0.05) is 44.8 Å². The molecule has 0 aliphatic carbocycles. The first-order chi connectivity index (χ1) is 16.5. The van der Waals surface area contributed by atoms with Gasteiger partial charge in [0.2, 0.25) is 10.0 Å². The maximum atomic E-state index is 13.0. The molecule has 0 unspecified atom stereocenters. The van der Waals surface area contributed by atoms with Crippen molar-refractivity contribution < 1.29 is 36.3 Å². The van der Waals surface area contributed by atoms with Crippen molar-refractivity contribution in [2.24, 2.45) is 0 Å². The zero-order valence-electron chi connectivity index (χ0n) is 18.9. The standard InChI is InChI=1S/C21H27N3O3S.C2HF3O2/c25-21(20-9-5-2-6-10-20)23(14-11-19-7-3-1-4-8-19)17-18-28(26,27)24-15-12-22-13-16-24;3-2(4,5)1(6)7/h1-10,22H,11-18H2;(H,6,7). The Bertz CT molecular complexity index is 1050. The molecular weight excluding hydrogens is 487 g/mol. The summed E-state index contributed by atoms with van der Waals surface area (Å²) in [6.07, 6.45) is -4.40. The molecule has 0 bridgehead atoms. The molecule has 0 saturated carbocycles. The number of nitrogens with zero attached hydrogens (tertiary/aromatic N) is 2. The molecule has 0 spiro atoms. The van der Waals surface area contributed by atoms with Crippen LogP contribution in [-0.4, -0.2) is 85.8 Å². The highest BCUT2D eigenvalue weighted by Crippen LogP contribution is 2.13. The van der Waals surface area contributed by atoms with E-state index < -0.39 is 22.2 Å². The fourth-order valence-electron chi connectivity index (χ4n) is 3.26. The summed E-state index contributed by atoms with van der Waals surface area (Å²) in [5.74, 6) is -2.94. The lowest BCUT2D eigenvalue weighted by molar-refractivity contribution is -0.192. The Balaban J connectivity index is 0.000000540. The van der Waals surface area contributed by atoms with E-state index in [2.05, 4.69) is 5.32 Å². The highest BCUT2D eigenvalue weighted by molar-refractivity contribution is 7.89. The van der Waals surface area contributed by atoms with Crippen molar-refractivity contribution in [1.29, 1.82) is 0 Å². The number of carboxylic acids is 1. The third-order valence-corrected chi connectivity index (χ3v) is 7.00. The van der Waals surface area contributed by atoms with E-state index in [9.17, 15) is 26.4 Å². The van der Waals surface area contributed by atoms with Gasteiger partial charge in [-0.05, 0) is 24.1 Å². The van der Waals surface area contributed by atoms with Crippen molar-refractivity contribution >= 4 is 21.9 Å². The molecule has 1 amide bonds. The molecule has 2 aromatic carbocycles. The summed E-state index contributed by atoms with van der Waals surface area (Å²) in [6.45, 7) is 2.97. The van der Waals surface area contributed by atoms with Gasteiger partial charge in [0.05, 0.1) is 5.75 Å². The van der Waals surface area contributed by atoms with E-state index in [4.69, 9.17) is 9.90 Å². The number of benzene rings is 2. The average Bonchev–Trinajstić information content (AvgIpc) is 2.85. The van der Waals surface area contributed by atoms with Crippen LogP contribution in [0.2, 0.25) is 0 Å². The predicted molar refractivity (Wildman–Crippen MR) is 124 cm³/mol. The van der Waals surface area contributed by atoms with Crippen molar-refractivity contribution in [2.45, 2.75) is 12.6 Å². The van der Waals surface area contributed by atoms with E-state index in [-0.39, 0.29) is 18.2 Å². The van der Waals surface area contributed by atoms with Gasteiger partial charge in [-0.2, -0.15) is 17.5 Å². The maximum absolute atomic E-state index is 13.0. The number of aliphatic carboxylic acids is 1. The number of sulfonamides is 1. The third kappa shape index (κ3) is 9.67. The van der Waals surface area contributed by atoms with Crippen molar-refractivity contribution in [3.63, 3.8) is 0 Å². The monoisotopic (exact) mass is 515 g/mol. The number of nitrogens with one attached hydrogen (secondary N) is 1. The van der Waals surface area contributed by atoms with Gasteiger partial charge >= 0.3 is 12.1 Å². The van der Waals surface area contributed by atoms with Gasteiger partial charge < -0.3 is 15.3 Å². The normalized spacial score (nSPS) is 14.5. The smallest absolute Gasteiger partial charge is 0.475 e. The van der Waals surface area contributed by atoms with Crippen LogP contribution in [0.3, 0.4) is 0 Å². The number of carbonyl (C=O) groups excluding carboxylic acids is 1. The second-order valence-electron chi connectivity index (χ2n) is 7.66. The highest BCUT2D eigenvalue weighted by Gasteiger charge is 2.38. The van der Waals surface area contributed by atoms with Gasteiger partial charge in [0.1, 0.15) is 0 Å². The minimum atomic E-state index is -5.08. The third-order valence-electron chi connectivity index (χ3n) is 5.15. The zero-order chi connectivity index (χ0) is 25.9. The Kier molecular flexibility index (Phi) is 10.7. The number of rotatable bonds is 8. The number of carboxylic acid groups (broad SMARTS) is 1. The van der Waals surface area contributed by atoms with E-state index in [1.165, 1.54) is 4.31 Å². The van der Waals surface area contributed by atoms with Gasteiger partial charge in [-0.15, -0.1) is 0 Å². The molecule has 35 heavy (non-hydrogen) atoms. The molecule has 0 aromatic heterocycles. The minimum Gasteiger partial charge on any atom is -0.475 e. The summed E-state index contributed by atoms with van der Waals surface area (Å²) < 4.78 is 58.6. The lowest BCUT2D eigenvalue weighted by Gasteiger charge is -2.28. The highest BCUT2D eigenvalue weighted by atomic mass is 32.2. The molecule has 192 valence electrons. The van der Waals surface area contributed by atoms with Crippen LogP contribution >= 0.6 is 0 Å². The molecule has 2 N–H and O–H groups in total. The lowest BCUT2D eigenvalue weighted by Crippen LogP contribution is -2.48. The SMILES string of the molecule is O=C(O)C(F)(F)F.O=C(c1ccccc1)N(CCc1ccccc1)CCS(=O)(=O)N1CCNCC1. The van der Waals surface area contributed by atoms with Crippen LogP contribution in [0, 0.1) is 0 Å². The van der Waals surface area contributed by atoms with E-state index in [0.29, 0.717) is 44.7 Å². The van der Waals surface area contributed by atoms with Crippen LogP contribution in [0.5, 0.6) is 0 Å². The van der Waals surface area contributed by atoms with E-state index in [0.717, 1.165) is 5.56 Å². The number of piperazine rings is 1. The van der Waals surface area contributed by atoms with Gasteiger partial charge in [0.25, 0.3) is 5.91 Å². The minimum absolute atomic E-state index is 0.0552. The number of alkyl halides is 3. The van der Waals surface area contributed by atoms with Crippen LogP contribution in [0.1, 0.15) is 15.9 Å². The molecule has 3 rings (SSSR count). The van der Waals surface area contributed by atoms with Gasteiger partial charge in [-0.1, -0.05) is 48.5 Å². The van der Waals surface area contributed by atoms with Crippen LogP contribution in [-0.2, 0) is 21.2 Å². The summed E-state index contributed by atoms with van der Waals surface area (Å²) in [7, 11) is -3.38. The zero-order valence-corrected chi connectivity index (χ0v) is 19.8. The second-order valence-corrected chi connectivity index (χ2v) is 9.75. The predicted octanol–water partition coefficient (Wildman–Crippen LogP) is 2.24. The lowest BCUT2D eigenvalue weighted by atomic mass is 10.1. The summed E-state index contributed by atoms with van der Waals surface area (Å²) in [5, 5.41) is 10.3. The second kappa shape index (κ2) is 13.2. The number of halogens is 3. The average molecular weight is 516 g/mol. The first-order valence-electron chi connectivity index (χ1n) is 10.9. The summed E-state index contributed by atoms with van der Waals surface area (Å²) in [4.78, 5) is 23.5. The van der Waals surface area contributed by atoms with Crippen LogP contribution in [0.15, 0.2) is 60.7 Å². The van der Waals surface area contributed by atoms with Gasteiger partial charge in [-0.25, -0.2) is 13.2 Å². The Morgan fingerprint density at radius 2 is 1.46 bits per heavy atom. The molecule has 12 heteroatoms. The molecule has 2 aromatic rings. The fraction of sp³-hybridized carbons (Fsp3) is 0.391. The molecule has 1 fully saturated rings. The molecule has 0 atom stereocenters. The first-order valence-corrected chi connectivity index (χ1v) is 12.5. The van der Waals surface area contributed by atoms with E-state index in [1.807, 2.05) is 48.5 Å². The van der Waals surface area contributed by atoms with E-state index in [1.54, 1.807) is 17.0 Å². The topological polar surface area (TPSA) is 107 Å². The largest absolute Gasteiger partial charge is 0.490 e. The quantitative estimate of drug-likeness (QED) is 0.559. The van der Waals surface area contributed by atoms with Crippen molar-refractivity contribution in [3.8, 4) is 0 Å². The molecule has 1 heterocycles. The Labute approximate surface area is 202 Å². The first kappa shape index (κ1) is 28.3. The Hall–Kier alpha value is -2.96. The number of hydrogen-bond donors (Lipinski definition) is 2. The molecule has 1 aliphatic rings. The Morgan fingerprint density at radius 1 is 0.943 bits per heavy atom. The fourth-order valence-corrected chi connectivity index (χ4v) is 4.71.